The van der Waals surface area contributed by atoms with Crippen molar-refractivity contribution in [2.75, 3.05) is 33.3 Å². The molecule has 1 aromatic carbocycles. The Labute approximate surface area is 138 Å². The van der Waals surface area contributed by atoms with Gasteiger partial charge in [0.15, 0.2) is 6.61 Å². The number of rotatable bonds is 5. The van der Waals surface area contributed by atoms with Crippen LogP contribution in [-0.4, -0.2) is 44.1 Å². The van der Waals surface area contributed by atoms with Crippen molar-refractivity contribution < 1.29 is 9.53 Å². The fourth-order valence-corrected chi connectivity index (χ4v) is 3.30. The first-order valence-corrected chi connectivity index (χ1v) is 8.27. The SMILES string of the molecule is CNCC1CCCN(C(=O)COc2ccc(Br)cc2Cl)C1. The Kier molecular flexibility index (Phi) is 6.33. The van der Waals surface area contributed by atoms with Crippen molar-refractivity contribution in [2.45, 2.75) is 12.8 Å². The number of ether oxygens (including phenoxy) is 1. The molecule has 0 spiro atoms. The smallest absolute Gasteiger partial charge is 0.260 e. The number of nitrogens with one attached hydrogen (secondary N) is 1. The third kappa shape index (κ3) is 4.87. The van der Waals surface area contributed by atoms with Crippen LogP contribution in [-0.2, 0) is 4.79 Å². The summed E-state index contributed by atoms with van der Waals surface area (Å²) in [5.41, 5.74) is 0. The van der Waals surface area contributed by atoms with Gasteiger partial charge in [0.05, 0.1) is 5.02 Å². The molecule has 116 valence electrons. The number of hydrogen-bond donors (Lipinski definition) is 1. The molecule has 1 saturated heterocycles. The van der Waals surface area contributed by atoms with Crippen molar-refractivity contribution in [1.82, 2.24) is 10.2 Å². The molecule has 1 unspecified atom stereocenters. The highest BCUT2D eigenvalue weighted by Gasteiger charge is 2.23. The third-order valence-electron chi connectivity index (χ3n) is 3.61. The van der Waals surface area contributed by atoms with Crippen LogP contribution in [0.15, 0.2) is 22.7 Å². The Balaban J connectivity index is 1.86. The molecule has 1 fully saturated rings. The van der Waals surface area contributed by atoms with Crippen molar-refractivity contribution >= 4 is 33.4 Å². The van der Waals surface area contributed by atoms with E-state index < -0.39 is 0 Å². The lowest BCUT2D eigenvalue weighted by molar-refractivity contribution is -0.135. The molecule has 0 aromatic heterocycles. The van der Waals surface area contributed by atoms with E-state index in [2.05, 4.69) is 21.2 Å². The Morgan fingerprint density at radius 1 is 1.57 bits per heavy atom. The fourth-order valence-electron chi connectivity index (χ4n) is 2.57. The maximum absolute atomic E-state index is 12.2. The molecule has 0 radical (unpaired) electrons. The Morgan fingerprint density at radius 3 is 3.10 bits per heavy atom. The molecule has 21 heavy (non-hydrogen) atoms. The summed E-state index contributed by atoms with van der Waals surface area (Å²) >= 11 is 9.41. The van der Waals surface area contributed by atoms with Crippen molar-refractivity contribution in [1.29, 1.82) is 0 Å². The highest BCUT2D eigenvalue weighted by Crippen LogP contribution is 2.27. The standard InChI is InChI=1S/C15H20BrClN2O2/c1-18-8-11-3-2-6-19(9-11)15(20)10-21-14-5-4-12(16)7-13(14)17/h4-5,7,11,18H,2-3,6,8-10H2,1H3. The summed E-state index contributed by atoms with van der Waals surface area (Å²) in [6, 6.07) is 5.36. The van der Waals surface area contributed by atoms with Gasteiger partial charge < -0.3 is 15.0 Å². The van der Waals surface area contributed by atoms with E-state index >= 15 is 0 Å². The Morgan fingerprint density at radius 2 is 2.38 bits per heavy atom. The number of halogens is 2. The number of carbonyl (C=O) groups excluding carboxylic acids is 1. The van der Waals surface area contributed by atoms with E-state index in [1.54, 1.807) is 12.1 Å². The molecule has 0 bridgehead atoms. The zero-order chi connectivity index (χ0) is 15.2. The highest BCUT2D eigenvalue weighted by atomic mass is 79.9. The Hall–Kier alpha value is -0.780. The summed E-state index contributed by atoms with van der Waals surface area (Å²) in [4.78, 5) is 14.1. The van der Waals surface area contributed by atoms with Crippen molar-refractivity contribution in [2.24, 2.45) is 5.92 Å². The molecule has 1 amide bonds. The number of carbonyl (C=O) groups is 1. The lowest BCUT2D eigenvalue weighted by Gasteiger charge is -2.32. The molecule has 1 aromatic rings. The molecule has 4 nitrogen and oxygen atoms in total. The maximum Gasteiger partial charge on any atom is 0.260 e. The summed E-state index contributed by atoms with van der Waals surface area (Å²) < 4.78 is 6.43. The first kappa shape index (κ1) is 16.6. The molecule has 1 heterocycles. The van der Waals surface area contributed by atoms with Crippen LogP contribution in [0.2, 0.25) is 5.02 Å². The summed E-state index contributed by atoms with van der Waals surface area (Å²) in [5, 5.41) is 3.68. The van der Waals surface area contributed by atoms with Gasteiger partial charge in [-0.3, -0.25) is 4.79 Å². The molecule has 1 aliphatic heterocycles. The van der Waals surface area contributed by atoms with Gasteiger partial charge in [-0.2, -0.15) is 0 Å². The number of nitrogens with zero attached hydrogens (tertiary/aromatic N) is 1. The average Bonchev–Trinajstić information content (AvgIpc) is 2.47. The van der Waals surface area contributed by atoms with Gasteiger partial charge in [0.2, 0.25) is 0 Å². The van der Waals surface area contributed by atoms with Crippen LogP contribution in [0.1, 0.15) is 12.8 Å². The summed E-state index contributed by atoms with van der Waals surface area (Å²) in [7, 11) is 1.94. The van der Waals surface area contributed by atoms with Gasteiger partial charge >= 0.3 is 0 Å². The zero-order valence-corrected chi connectivity index (χ0v) is 14.4. The van der Waals surface area contributed by atoms with E-state index in [0.717, 1.165) is 30.5 Å². The molecule has 1 aliphatic rings. The first-order valence-electron chi connectivity index (χ1n) is 7.10. The van der Waals surface area contributed by atoms with Gasteiger partial charge in [0, 0.05) is 17.6 Å². The Bertz CT molecular complexity index is 497. The largest absolute Gasteiger partial charge is 0.482 e. The molecule has 1 N–H and O–H groups in total. The minimum Gasteiger partial charge on any atom is -0.482 e. The molecule has 6 heteroatoms. The lowest BCUT2D eigenvalue weighted by atomic mass is 9.98. The minimum atomic E-state index is 0.0230. The van der Waals surface area contributed by atoms with Crippen molar-refractivity contribution in [3.63, 3.8) is 0 Å². The zero-order valence-electron chi connectivity index (χ0n) is 12.1. The molecule has 1 atom stereocenters. The number of benzene rings is 1. The van der Waals surface area contributed by atoms with Gasteiger partial charge in [0.1, 0.15) is 5.75 Å². The van der Waals surface area contributed by atoms with Crippen molar-refractivity contribution in [3.8, 4) is 5.75 Å². The molecular weight excluding hydrogens is 356 g/mol. The molecule has 2 rings (SSSR count). The normalized spacial score (nSPS) is 18.6. The van der Waals surface area contributed by atoms with Gasteiger partial charge in [-0.05, 0) is 50.6 Å². The number of amides is 1. The minimum absolute atomic E-state index is 0.0230. The number of piperidine rings is 1. The van der Waals surface area contributed by atoms with Crippen LogP contribution >= 0.6 is 27.5 Å². The third-order valence-corrected chi connectivity index (χ3v) is 4.40. The van der Waals surface area contributed by atoms with E-state index in [4.69, 9.17) is 16.3 Å². The van der Waals surface area contributed by atoms with Crippen LogP contribution < -0.4 is 10.1 Å². The van der Waals surface area contributed by atoms with E-state index in [9.17, 15) is 4.79 Å². The van der Waals surface area contributed by atoms with E-state index in [-0.39, 0.29) is 12.5 Å². The van der Waals surface area contributed by atoms with Crippen molar-refractivity contribution in [3.05, 3.63) is 27.7 Å². The van der Waals surface area contributed by atoms with Crippen LogP contribution in [0.25, 0.3) is 0 Å². The second kappa shape index (κ2) is 8.01. The molecule has 0 saturated carbocycles. The van der Waals surface area contributed by atoms with Gasteiger partial charge in [-0.1, -0.05) is 27.5 Å². The number of hydrogen-bond acceptors (Lipinski definition) is 3. The average molecular weight is 376 g/mol. The molecular formula is C15H20BrClN2O2. The molecule has 0 aliphatic carbocycles. The fraction of sp³-hybridized carbons (Fsp3) is 0.533. The number of likely N-dealkylation sites (tertiary alicyclic amines) is 1. The van der Waals surface area contributed by atoms with E-state index in [1.807, 2.05) is 18.0 Å². The summed E-state index contributed by atoms with van der Waals surface area (Å²) in [5.74, 6) is 1.09. The predicted octanol–water partition coefficient (Wildman–Crippen LogP) is 2.94. The quantitative estimate of drug-likeness (QED) is 0.860. The summed E-state index contributed by atoms with van der Waals surface area (Å²) in [6.45, 7) is 2.60. The second-order valence-corrected chi connectivity index (χ2v) is 6.59. The predicted molar refractivity (Wildman–Crippen MR) is 87.9 cm³/mol. The van der Waals surface area contributed by atoms with Gasteiger partial charge in [-0.25, -0.2) is 0 Å². The summed E-state index contributed by atoms with van der Waals surface area (Å²) in [6.07, 6.45) is 2.22. The van der Waals surface area contributed by atoms with E-state index in [0.29, 0.717) is 16.7 Å². The van der Waals surface area contributed by atoms with Crippen LogP contribution in [0.5, 0.6) is 5.75 Å². The van der Waals surface area contributed by atoms with Crippen LogP contribution in [0, 0.1) is 5.92 Å². The van der Waals surface area contributed by atoms with Gasteiger partial charge in [-0.15, -0.1) is 0 Å². The second-order valence-electron chi connectivity index (χ2n) is 5.27. The first-order chi connectivity index (χ1) is 10.1. The van der Waals surface area contributed by atoms with Crippen LogP contribution in [0.3, 0.4) is 0 Å². The topological polar surface area (TPSA) is 41.6 Å². The maximum atomic E-state index is 12.2. The van der Waals surface area contributed by atoms with Crippen LogP contribution in [0.4, 0.5) is 0 Å². The van der Waals surface area contributed by atoms with E-state index in [1.165, 1.54) is 6.42 Å². The monoisotopic (exact) mass is 374 g/mol. The van der Waals surface area contributed by atoms with Gasteiger partial charge in [0.25, 0.3) is 5.91 Å². The highest BCUT2D eigenvalue weighted by molar-refractivity contribution is 9.10. The lowest BCUT2D eigenvalue weighted by Crippen LogP contribution is -2.44.